The van der Waals surface area contributed by atoms with Crippen LogP contribution in [0.15, 0.2) is 146 Å². The van der Waals surface area contributed by atoms with E-state index < -0.39 is 0 Å². The van der Waals surface area contributed by atoms with Crippen LogP contribution in [0.1, 0.15) is 0 Å². The van der Waals surface area contributed by atoms with Gasteiger partial charge in [0.2, 0.25) is 0 Å². The lowest BCUT2D eigenvalue weighted by Gasteiger charge is -2.16. The topological polar surface area (TPSA) is 0 Å². The van der Waals surface area contributed by atoms with E-state index in [9.17, 15) is 0 Å². The van der Waals surface area contributed by atoms with E-state index in [0.717, 1.165) is 0 Å². The molecule has 38 heavy (non-hydrogen) atoms. The second kappa shape index (κ2) is 8.30. The molecule has 8 rings (SSSR count). The Morgan fingerprint density at radius 1 is 0.263 bits per heavy atom. The number of benzene rings is 8. The third-order valence-corrected chi connectivity index (χ3v) is 8.03. The highest BCUT2D eigenvalue weighted by Crippen LogP contribution is 2.41. The van der Waals surface area contributed by atoms with Crippen molar-refractivity contribution in [2.24, 2.45) is 0 Å². The van der Waals surface area contributed by atoms with Crippen molar-refractivity contribution in [2.45, 2.75) is 0 Å². The number of hydrogen-bond acceptors (Lipinski definition) is 0. The molecule has 0 bridgehead atoms. The third-order valence-electron chi connectivity index (χ3n) is 8.03. The Bertz CT molecular complexity index is 2080. The molecule has 0 radical (unpaired) electrons. The molecular formula is C38H24. The van der Waals surface area contributed by atoms with Crippen LogP contribution in [0.4, 0.5) is 0 Å². The fraction of sp³-hybridized carbons (Fsp3) is 0. The van der Waals surface area contributed by atoms with E-state index in [0.29, 0.717) is 0 Å². The highest BCUT2D eigenvalue weighted by molar-refractivity contribution is 6.25. The lowest BCUT2D eigenvalue weighted by atomic mass is 9.88. The van der Waals surface area contributed by atoms with Crippen LogP contribution >= 0.6 is 0 Å². The van der Waals surface area contributed by atoms with Gasteiger partial charge in [0.1, 0.15) is 0 Å². The van der Waals surface area contributed by atoms with Crippen LogP contribution in [0.5, 0.6) is 0 Å². The van der Waals surface area contributed by atoms with E-state index >= 15 is 0 Å². The Morgan fingerprint density at radius 2 is 0.816 bits per heavy atom. The van der Waals surface area contributed by atoms with Gasteiger partial charge in [-0.15, -0.1) is 0 Å². The molecule has 0 aliphatic carbocycles. The lowest BCUT2D eigenvalue weighted by Crippen LogP contribution is -1.89. The summed E-state index contributed by atoms with van der Waals surface area (Å²) in [7, 11) is 0. The third kappa shape index (κ3) is 3.17. The molecule has 0 fully saturated rings. The van der Waals surface area contributed by atoms with Crippen LogP contribution in [0.2, 0.25) is 0 Å². The number of fused-ring (bicyclic) bond motifs is 1. The van der Waals surface area contributed by atoms with Crippen molar-refractivity contribution >= 4 is 43.1 Å². The summed E-state index contributed by atoms with van der Waals surface area (Å²) in [4.78, 5) is 0. The van der Waals surface area contributed by atoms with Crippen LogP contribution in [0.3, 0.4) is 0 Å². The molecule has 176 valence electrons. The minimum atomic E-state index is 1.23. The average molecular weight is 481 g/mol. The van der Waals surface area contributed by atoms with Gasteiger partial charge >= 0.3 is 0 Å². The Balaban J connectivity index is 1.31. The maximum absolute atomic E-state index is 2.30. The monoisotopic (exact) mass is 480 g/mol. The molecule has 0 heteroatoms. The normalized spacial score (nSPS) is 11.7. The van der Waals surface area contributed by atoms with Crippen LogP contribution in [-0.4, -0.2) is 0 Å². The number of hydrogen-bond donors (Lipinski definition) is 0. The molecule has 0 unspecified atom stereocenters. The average Bonchev–Trinajstić information content (AvgIpc) is 3.00. The first-order valence-electron chi connectivity index (χ1n) is 13.2. The summed E-state index contributed by atoms with van der Waals surface area (Å²) >= 11 is 0. The van der Waals surface area contributed by atoms with Crippen molar-refractivity contribution in [1.29, 1.82) is 0 Å². The van der Waals surface area contributed by atoms with E-state index in [4.69, 9.17) is 0 Å². The largest absolute Gasteiger partial charge is 0.0622 e. The predicted octanol–water partition coefficient (Wildman–Crippen LogP) is 10.7. The standard InChI is InChI=1S/C38H24/c1-2-8-28(9-3-1)37-33-12-5-4-7-25(33)19-23-34(37)27-15-13-26(14-16-27)32-22-20-31-18-17-29-10-6-11-30-21-24-35(32)38(31)36(29)30/h1-24H. The molecule has 0 aromatic heterocycles. The minimum absolute atomic E-state index is 1.23. The maximum Gasteiger partial charge on any atom is -0.00206 e. The van der Waals surface area contributed by atoms with Crippen LogP contribution in [0, 0.1) is 0 Å². The van der Waals surface area contributed by atoms with Gasteiger partial charge in [0.15, 0.2) is 0 Å². The van der Waals surface area contributed by atoms with Crippen molar-refractivity contribution in [1.82, 2.24) is 0 Å². The Kier molecular flexibility index (Phi) is 4.62. The van der Waals surface area contributed by atoms with Crippen LogP contribution in [0.25, 0.3) is 76.5 Å². The zero-order chi connectivity index (χ0) is 25.1. The zero-order valence-corrected chi connectivity index (χ0v) is 20.9. The summed E-state index contributed by atoms with van der Waals surface area (Å²) < 4.78 is 0. The van der Waals surface area contributed by atoms with Crippen molar-refractivity contribution in [3.8, 4) is 33.4 Å². The molecule has 0 spiro atoms. The van der Waals surface area contributed by atoms with Gasteiger partial charge in [0, 0.05) is 0 Å². The molecule has 0 saturated carbocycles. The van der Waals surface area contributed by atoms with E-state index in [2.05, 4.69) is 146 Å². The first kappa shape index (κ1) is 21.2. The predicted molar refractivity (Wildman–Crippen MR) is 164 cm³/mol. The van der Waals surface area contributed by atoms with E-state index in [1.54, 1.807) is 0 Å². The van der Waals surface area contributed by atoms with E-state index in [1.165, 1.54) is 76.5 Å². The minimum Gasteiger partial charge on any atom is -0.0622 e. The van der Waals surface area contributed by atoms with Crippen molar-refractivity contribution < 1.29 is 0 Å². The summed E-state index contributed by atoms with van der Waals surface area (Å²) in [5.41, 5.74) is 7.56. The van der Waals surface area contributed by atoms with Crippen molar-refractivity contribution in [3.05, 3.63) is 146 Å². The molecule has 8 aromatic rings. The molecule has 0 nitrogen and oxygen atoms in total. The van der Waals surface area contributed by atoms with E-state index in [-0.39, 0.29) is 0 Å². The SMILES string of the molecule is c1ccc(-c2c(-c3ccc(-c4ccc5ccc6cccc7ccc4c5c67)cc3)ccc3ccccc23)cc1. The van der Waals surface area contributed by atoms with Gasteiger partial charge in [-0.1, -0.05) is 146 Å². The first-order chi connectivity index (χ1) is 18.8. The maximum atomic E-state index is 2.30. The van der Waals surface area contributed by atoms with Gasteiger partial charge in [0.05, 0.1) is 0 Å². The summed E-state index contributed by atoms with van der Waals surface area (Å²) in [6, 6.07) is 53.3. The van der Waals surface area contributed by atoms with Gasteiger partial charge in [-0.2, -0.15) is 0 Å². The summed E-state index contributed by atoms with van der Waals surface area (Å²) in [5, 5.41) is 10.5. The molecule has 0 aliphatic rings. The second-order valence-corrected chi connectivity index (χ2v) is 10.1. The van der Waals surface area contributed by atoms with Gasteiger partial charge in [0.25, 0.3) is 0 Å². The summed E-state index contributed by atoms with van der Waals surface area (Å²) in [6.45, 7) is 0. The van der Waals surface area contributed by atoms with Gasteiger partial charge < -0.3 is 0 Å². The van der Waals surface area contributed by atoms with Gasteiger partial charge in [-0.05, 0) is 76.5 Å². The molecule has 0 amide bonds. The molecule has 0 N–H and O–H groups in total. The molecule has 8 aromatic carbocycles. The number of rotatable bonds is 3. The Morgan fingerprint density at radius 3 is 1.61 bits per heavy atom. The van der Waals surface area contributed by atoms with Crippen LogP contribution < -0.4 is 0 Å². The summed E-state index contributed by atoms with van der Waals surface area (Å²) in [6.07, 6.45) is 0. The molecule has 0 saturated heterocycles. The van der Waals surface area contributed by atoms with E-state index in [1.807, 2.05) is 0 Å². The molecule has 0 heterocycles. The molecule has 0 aliphatic heterocycles. The lowest BCUT2D eigenvalue weighted by molar-refractivity contribution is 1.60. The zero-order valence-electron chi connectivity index (χ0n) is 20.9. The Hall–Kier alpha value is -4.94. The highest BCUT2D eigenvalue weighted by atomic mass is 14.2. The second-order valence-electron chi connectivity index (χ2n) is 10.1. The highest BCUT2D eigenvalue weighted by Gasteiger charge is 2.14. The fourth-order valence-electron chi connectivity index (χ4n) is 6.24. The molecular weight excluding hydrogens is 456 g/mol. The van der Waals surface area contributed by atoms with Crippen molar-refractivity contribution in [2.75, 3.05) is 0 Å². The quantitative estimate of drug-likeness (QED) is 0.221. The van der Waals surface area contributed by atoms with Gasteiger partial charge in [-0.3, -0.25) is 0 Å². The summed E-state index contributed by atoms with van der Waals surface area (Å²) in [5.74, 6) is 0. The first-order valence-corrected chi connectivity index (χ1v) is 13.2. The van der Waals surface area contributed by atoms with Crippen LogP contribution in [-0.2, 0) is 0 Å². The van der Waals surface area contributed by atoms with Crippen molar-refractivity contribution in [3.63, 3.8) is 0 Å². The molecule has 0 atom stereocenters. The van der Waals surface area contributed by atoms with Gasteiger partial charge in [-0.25, -0.2) is 0 Å². The smallest absolute Gasteiger partial charge is 0.00206 e. The fourth-order valence-corrected chi connectivity index (χ4v) is 6.24. The Labute approximate surface area is 221 Å².